The fourth-order valence-electron chi connectivity index (χ4n) is 2.02. The van der Waals surface area contributed by atoms with Crippen molar-refractivity contribution in [2.24, 2.45) is 5.14 Å². The average Bonchev–Trinajstić information content (AvgIpc) is 2.48. The highest BCUT2D eigenvalue weighted by atomic mass is 32.2. The second-order valence-electron chi connectivity index (χ2n) is 5.18. The first-order valence-corrected chi connectivity index (χ1v) is 8.97. The van der Waals surface area contributed by atoms with Crippen LogP contribution in [0.2, 0.25) is 0 Å². The monoisotopic (exact) mass is 405 g/mol. The number of sulfonamides is 1. The van der Waals surface area contributed by atoms with Crippen molar-refractivity contribution in [3.63, 3.8) is 0 Å². The highest BCUT2D eigenvalue weighted by molar-refractivity contribution is 7.89. The summed E-state index contributed by atoms with van der Waals surface area (Å²) >= 11 is 5.09. The summed E-state index contributed by atoms with van der Waals surface area (Å²) in [7, 11) is -3.88. The van der Waals surface area contributed by atoms with Crippen molar-refractivity contribution in [3.8, 4) is 5.75 Å². The molecule has 0 spiro atoms. The van der Waals surface area contributed by atoms with Crippen LogP contribution in [-0.4, -0.2) is 19.9 Å². The van der Waals surface area contributed by atoms with Gasteiger partial charge in [0.15, 0.2) is 5.11 Å². The van der Waals surface area contributed by atoms with Gasteiger partial charge in [0, 0.05) is 11.4 Å². The topological polar surface area (TPSA) is 93.4 Å². The second kappa shape index (κ2) is 7.48. The molecular weight excluding hydrogens is 391 g/mol. The summed E-state index contributed by atoms with van der Waals surface area (Å²) < 4.78 is 63.2. The maximum atomic E-state index is 12.1. The Bertz CT molecular complexity index is 914. The van der Waals surface area contributed by atoms with Gasteiger partial charge < -0.3 is 15.4 Å². The molecule has 0 aliphatic rings. The molecular formula is C15H14F3N3O3S2. The van der Waals surface area contributed by atoms with Crippen molar-refractivity contribution in [1.29, 1.82) is 0 Å². The highest BCUT2D eigenvalue weighted by Gasteiger charge is 2.30. The predicted octanol–water partition coefficient (Wildman–Crippen LogP) is 3.35. The number of anilines is 2. The molecule has 6 nitrogen and oxygen atoms in total. The van der Waals surface area contributed by atoms with E-state index in [1.165, 1.54) is 18.2 Å². The van der Waals surface area contributed by atoms with Crippen LogP contribution in [-0.2, 0) is 10.0 Å². The number of ether oxygens (including phenoxy) is 1. The van der Waals surface area contributed by atoms with E-state index in [-0.39, 0.29) is 15.8 Å². The summed E-state index contributed by atoms with van der Waals surface area (Å²) in [4.78, 5) is -0.0426. The Morgan fingerprint density at radius 2 is 1.62 bits per heavy atom. The molecule has 0 fully saturated rings. The lowest BCUT2D eigenvalue weighted by Gasteiger charge is -2.13. The SMILES string of the molecule is Cc1ccc(NC(=S)Nc2ccc(OC(F)(F)F)cc2)cc1S(N)(=O)=O. The maximum Gasteiger partial charge on any atom is 0.573 e. The molecule has 2 aromatic rings. The molecule has 0 saturated carbocycles. The van der Waals surface area contributed by atoms with Crippen molar-refractivity contribution >= 4 is 38.7 Å². The predicted molar refractivity (Wildman–Crippen MR) is 95.5 cm³/mol. The lowest BCUT2D eigenvalue weighted by Crippen LogP contribution is -2.20. The van der Waals surface area contributed by atoms with Gasteiger partial charge in [-0.25, -0.2) is 13.6 Å². The van der Waals surface area contributed by atoms with Gasteiger partial charge in [0.1, 0.15) is 5.75 Å². The lowest BCUT2D eigenvalue weighted by molar-refractivity contribution is -0.274. The molecule has 0 aliphatic heterocycles. The first-order chi connectivity index (χ1) is 11.9. The van der Waals surface area contributed by atoms with Gasteiger partial charge in [0.2, 0.25) is 10.0 Å². The molecule has 140 valence electrons. The molecule has 11 heteroatoms. The number of nitrogens with two attached hydrogens (primary N) is 1. The van der Waals surface area contributed by atoms with Crippen LogP contribution in [0.1, 0.15) is 5.56 Å². The zero-order valence-corrected chi connectivity index (χ0v) is 14.9. The van der Waals surface area contributed by atoms with Crippen LogP contribution in [0.15, 0.2) is 47.4 Å². The van der Waals surface area contributed by atoms with Crippen LogP contribution in [0.4, 0.5) is 24.5 Å². The van der Waals surface area contributed by atoms with Crippen molar-refractivity contribution in [1.82, 2.24) is 0 Å². The van der Waals surface area contributed by atoms with Gasteiger partial charge >= 0.3 is 6.36 Å². The van der Waals surface area contributed by atoms with Crippen LogP contribution >= 0.6 is 12.2 Å². The Kier molecular flexibility index (Phi) is 5.74. The third-order valence-electron chi connectivity index (χ3n) is 3.10. The van der Waals surface area contributed by atoms with Crippen LogP contribution in [0, 0.1) is 6.92 Å². The molecule has 2 aromatic carbocycles. The smallest absolute Gasteiger partial charge is 0.406 e. The number of aryl methyl sites for hydroxylation is 1. The number of thiocarbonyl (C=S) groups is 1. The molecule has 0 saturated heterocycles. The summed E-state index contributed by atoms with van der Waals surface area (Å²) in [5, 5.41) is 10.8. The van der Waals surface area contributed by atoms with Crippen LogP contribution in [0.25, 0.3) is 0 Å². The number of alkyl halides is 3. The molecule has 0 atom stereocenters. The van der Waals surface area contributed by atoms with Crippen molar-refractivity contribution in [2.75, 3.05) is 10.6 Å². The van der Waals surface area contributed by atoms with Gasteiger partial charge in [-0.05, 0) is 61.1 Å². The zero-order chi connectivity index (χ0) is 19.5. The van der Waals surface area contributed by atoms with Crippen LogP contribution < -0.4 is 20.5 Å². The minimum Gasteiger partial charge on any atom is -0.406 e. The molecule has 0 aromatic heterocycles. The Labute approximate surface area is 153 Å². The Morgan fingerprint density at radius 3 is 2.15 bits per heavy atom. The molecule has 0 amide bonds. The number of benzene rings is 2. The molecule has 2 rings (SSSR count). The number of nitrogens with one attached hydrogen (secondary N) is 2. The maximum absolute atomic E-state index is 12.1. The van der Waals surface area contributed by atoms with E-state index in [9.17, 15) is 21.6 Å². The normalized spacial score (nSPS) is 11.7. The van der Waals surface area contributed by atoms with E-state index in [1.807, 2.05) is 0 Å². The lowest BCUT2D eigenvalue weighted by atomic mass is 10.2. The third-order valence-corrected chi connectivity index (χ3v) is 4.36. The van der Waals surface area contributed by atoms with Gasteiger partial charge in [-0.1, -0.05) is 6.07 Å². The molecule has 0 heterocycles. The van der Waals surface area contributed by atoms with Gasteiger partial charge in [0.05, 0.1) is 4.90 Å². The number of rotatable bonds is 4. The van der Waals surface area contributed by atoms with E-state index >= 15 is 0 Å². The van der Waals surface area contributed by atoms with E-state index in [0.717, 1.165) is 12.1 Å². The van der Waals surface area contributed by atoms with Crippen molar-refractivity contribution < 1.29 is 26.3 Å². The quantitative estimate of drug-likeness (QED) is 0.676. The largest absolute Gasteiger partial charge is 0.573 e. The molecule has 26 heavy (non-hydrogen) atoms. The summed E-state index contributed by atoms with van der Waals surface area (Å²) in [6.07, 6.45) is -4.77. The number of primary sulfonamides is 1. The van der Waals surface area contributed by atoms with Crippen LogP contribution in [0.5, 0.6) is 5.75 Å². The summed E-state index contributed by atoms with van der Waals surface area (Å²) in [6, 6.07) is 9.46. The minimum atomic E-state index is -4.77. The van der Waals surface area contributed by atoms with Gasteiger partial charge in [0.25, 0.3) is 0 Å². The van der Waals surface area contributed by atoms with Crippen molar-refractivity contribution in [2.45, 2.75) is 18.2 Å². The van der Waals surface area contributed by atoms with Crippen LogP contribution in [0.3, 0.4) is 0 Å². The van der Waals surface area contributed by atoms with E-state index in [4.69, 9.17) is 17.4 Å². The van der Waals surface area contributed by atoms with Crippen molar-refractivity contribution in [3.05, 3.63) is 48.0 Å². The summed E-state index contributed by atoms with van der Waals surface area (Å²) in [5.41, 5.74) is 1.28. The van der Waals surface area contributed by atoms with Gasteiger partial charge in [-0.15, -0.1) is 13.2 Å². The molecule has 4 N–H and O–H groups in total. The fraction of sp³-hybridized carbons (Fsp3) is 0.133. The minimum absolute atomic E-state index is 0.0426. The highest BCUT2D eigenvalue weighted by Crippen LogP contribution is 2.24. The first kappa shape index (κ1) is 19.9. The Balaban J connectivity index is 2.05. The first-order valence-electron chi connectivity index (χ1n) is 7.01. The van der Waals surface area contributed by atoms with E-state index < -0.39 is 16.4 Å². The average molecular weight is 405 g/mol. The van der Waals surface area contributed by atoms with Gasteiger partial charge in [-0.2, -0.15) is 0 Å². The van der Waals surface area contributed by atoms with E-state index in [0.29, 0.717) is 16.9 Å². The number of hydrogen-bond acceptors (Lipinski definition) is 4. The van der Waals surface area contributed by atoms with E-state index in [1.54, 1.807) is 19.1 Å². The zero-order valence-electron chi connectivity index (χ0n) is 13.3. The van der Waals surface area contributed by atoms with Gasteiger partial charge in [-0.3, -0.25) is 0 Å². The Morgan fingerprint density at radius 1 is 1.08 bits per heavy atom. The molecule has 0 unspecified atom stereocenters. The number of hydrogen-bond donors (Lipinski definition) is 3. The summed E-state index contributed by atoms with van der Waals surface area (Å²) in [5.74, 6) is -0.363. The fourth-order valence-corrected chi connectivity index (χ4v) is 3.06. The van der Waals surface area contributed by atoms with E-state index in [2.05, 4.69) is 15.4 Å². The molecule has 0 aliphatic carbocycles. The molecule has 0 bridgehead atoms. The second-order valence-corrected chi connectivity index (χ2v) is 7.11. The molecule has 0 radical (unpaired) electrons. The Hall–Kier alpha value is -2.37. The standard InChI is InChI=1S/C15H14F3N3O3S2/c1-9-2-3-11(8-13(9)26(19,22)23)21-14(25)20-10-4-6-12(7-5-10)24-15(16,17)18/h2-8H,1H3,(H2,19,22,23)(H2,20,21,25). The third kappa shape index (κ3) is 5.86. The summed E-state index contributed by atoms with van der Waals surface area (Å²) in [6.45, 7) is 1.60. The number of halogens is 3.